The van der Waals surface area contributed by atoms with Crippen molar-refractivity contribution in [3.8, 4) is 5.88 Å². The lowest BCUT2D eigenvalue weighted by atomic mass is 10.1. The van der Waals surface area contributed by atoms with Gasteiger partial charge in [0.05, 0.1) is 0 Å². The molecule has 2 amide bonds. The quantitative estimate of drug-likeness (QED) is 0.268. The third kappa shape index (κ3) is 6.75. The number of esters is 1. The molecule has 1 aromatic rings. The van der Waals surface area contributed by atoms with Crippen molar-refractivity contribution in [3.63, 3.8) is 0 Å². The van der Waals surface area contributed by atoms with Crippen molar-refractivity contribution < 1.29 is 39.2 Å². The lowest BCUT2D eigenvalue weighted by Crippen LogP contribution is -2.34. The van der Waals surface area contributed by atoms with Gasteiger partial charge in [-0.05, 0) is 12.8 Å². The Labute approximate surface area is 186 Å². The van der Waals surface area contributed by atoms with E-state index in [0.29, 0.717) is 12.8 Å². The number of carbonyl (C=O) groups is 3. The van der Waals surface area contributed by atoms with Gasteiger partial charge in [0.2, 0.25) is 11.8 Å². The number of amides is 2. The highest BCUT2D eigenvalue weighted by Gasteiger charge is 2.45. The molecule has 1 aliphatic rings. The van der Waals surface area contributed by atoms with Crippen LogP contribution in [0.1, 0.15) is 81.9 Å². The summed E-state index contributed by atoms with van der Waals surface area (Å²) in [7, 11) is 0. The van der Waals surface area contributed by atoms with Gasteiger partial charge in [0.25, 0.3) is 5.91 Å². The Morgan fingerprint density at radius 3 is 2.41 bits per heavy atom. The zero-order valence-corrected chi connectivity index (χ0v) is 18.5. The van der Waals surface area contributed by atoms with E-state index in [-0.39, 0.29) is 19.4 Å². The Hall–Kier alpha value is -2.50. The van der Waals surface area contributed by atoms with Crippen LogP contribution in [0.2, 0.25) is 0 Å². The van der Waals surface area contributed by atoms with Gasteiger partial charge in [0.1, 0.15) is 31.2 Å². The number of aromatic hydroxyl groups is 1. The summed E-state index contributed by atoms with van der Waals surface area (Å²) in [5.74, 6) is -2.42. The molecule has 0 radical (unpaired) electrons. The first kappa shape index (κ1) is 25.8. The number of hydrogen-bond donors (Lipinski definition) is 4. The monoisotopic (exact) mass is 455 g/mol. The molecular weight excluding hydrogens is 422 g/mol. The summed E-state index contributed by atoms with van der Waals surface area (Å²) in [5, 5.41) is 33.1. The lowest BCUT2D eigenvalue weighted by Gasteiger charge is -2.16. The van der Waals surface area contributed by atoms with Crippen LogP contribution in [0, 0.1) is 0 Å². The second-order valence-corrected chi connectivity index (χ2v) is 7.84. The number of unbranched alkanes of at least 4 members (excludes halogenated alkanes) is 4. The molecule has 2 rings (SSSR count). The molecule has 0 bridgehead atoms. The molecule has 4 N–H and O–H groups in total. The van der Waals surface area contributed by atoms with E-state index in [1.165, 1.54) is 0 Å². The third-order valence-electron chi connectivity index (χ3n) is 5.25. The van der Waals surface area contributed by atoms with E-state index in [0.717, 1.165) is 36.6 Å². The van der Waals surface area contributed by atoms with Crippen LogP contribution in [0.3, 0.4) is 0 Å². The number of aliphatic hydroxyl groups is 2. The van der Waals surface area contributed by atoms with Crippen LogP contribution in [0.5, 0.6) is 5.88 Å². The van der Waals surface area contributed by atoms with Gasteiger partial charge in [0.15, 0.2) is 11.9 Å². The van der Waals surface area contributed by atoms with Crippen molar-refractivity contribution in [2.24, 2.45) is 0 Å². The topological polar surface area (TPSA) is 160 Å². The number of imide groups is 1. The SMILES string of the molecule is CCCCCC(=O)NC(=O)c1ncn([C@@H]2O[C@H](COC(=O)CCCCC)[C@@H](O)[C@H]2O)c1O. The minimum Gasteiger partial charge on any atom is -0.493 e. The zero-order chi connectivity index (χ0) is 23.7. The lowest BCUT2D eigenvalue weighted by molar-refractivity contribution is -0.150. The number of rotatable bonds is 12. The molecule has 2 heterocycles. The molecule has 4 atom stereocenters. The summed E-state index contributed by atoms with van der Waals surface area (Å²) in [4.78, 5) is 39.7. The fourth-order valence-corrected chi connectivity index (χ4v) is 3.35. The second-order valence-electron chi connectivity index (χ2n) is 7.84. The second kappa shape index (κ2) is 12.5. The van der Waals surface area contributed by atoms with E-state index in [1.807, 2.05) is 13.8 Å². The van der Waals surface area contributed by atoms with Gasteiger partial charge in [-0.25, -0.2) is 4.98 Å². The molecule has 32 heavy (non-hydrogen) atoms. The first-order chi connectivity index (χ1) is 15.3. The van der Waals surface area contributed by atoms with Gasteiger partial charge in [-0.3, -0.25) is 24.3 Å². The maximum Gasteiger partial charge on any atom is 0.305 e. The third-order valence-corrected chi connectivity index (χ3v) is 5.25. The predicted molar refractivity (Wildman–Crippen MR) is 112 cm³/mol. The first-order valence-corrected chi connectivity index (χ1v) is 11.1. The molecule has 11 nitrogen and oxygen atoms in total. The molecule has 0 aliphatic carbocycles. The Balaban J connectivity index is 1.95. The highest BCUT2D eigenvalue weighted by molar-refractivity contribution is 6.04. The summed E-state index contributed by atoms with van der Waals surface area (Å²) >= 11 is 0. The minimum absolute atomic E-state index is 0.177. The Morgan fingerprint density at radius 1 is 1.09 bits per heavy atom. The molecule has 1 saturated heterocycles. The summed E-state index contributed by atoms with van der Waals surface area (Å²) in [6.45, 7) is 3.74. The average molecular weight is 456 g/mol. The van der Waals surface area contributed by atoms with Crippen molar-refractivity contribution in [1.82, 2.24) is 14.9 Å². The summed E-state index contributed by atoms with van der Waals surface area (Å²) in [6.07, 6.45) is 1.34. The van der Waals surface area contributed by atoms with E-state index in [2.05, 4.69) is 10.3 Å². The molecular formula is C21H33N3O8. The van der Waals surface area contributed by atoms with Crippen molar-refractivity contribution in [2.75, 3.05) is 6.61 Å². The highest BCUT2D eigenvalue weighted by Crippen LogP contribution is 2.33. The summed E-state index contributed by atoms with van der Waals surface area (Å²) in [5.41, 5.74) is -0.412. The van der Waals surface area contributed by atoms with Gasteiger partial charge in [-0.15, -0.1) is 0 Å². The largest absolute Gasteiger partial charge is 0.493 e. The van der Waals surface area contributed by atoms with Crippen molar-refractivity contribution >= 4 is 17.8 Å². The van der Waals surface area contributed by atoms with Crippen molar-refractivity contribution in [1.29, 1.82) is 0 Å². The fraction of sp³-hybridized carbons (Fsp3) is 0.714. The van der Waals surface area contributed by atoms with Crippen LogP contribution < -0.4 is 5.32 Å². The van der Waals surface area contributed by atoms with Gasteiger partial charge in [-0.2, -0.15) is 0 Å². The normalized spacial score (nSPS) is 22.6. The highest BCUT2D eigenvalue weighted by atomic mass is 16.6. The average Bonchev–Trinajstić information content (AvgIpc) is 3.26. The molecule has 11 heteroatoms. The molecule has 0 unspecified atom stereocenters. The van der Waals surface area contributed by atoms with E-state index in [4.69, 9.17) is 9.47 Å². The number of aromatic nitrogens is 2. The Kier molecular flexibility index (Phi) is 10.1. The molecule has 1 aromatic heterocycles. The van der Waals surface area contributed by atoms with E-state index in [1.54, 1.807) is 0 Å². The van der Waals surface area contributed by atoms with Gasteiger partial charge >= 0.3 is 5.97 Å². The van der Waals surface area contributed by atoms with Gasteiger partial charge in [0, 0.05) is 12.8 Å². The molecule has 0 aromatic carbocycles. The van der Waals surface area contributed by atoms with Crippen LogP contribution >= 0.6 is 0 Å². The predicted octanol–water partition coefficient (Wildman–Crippen LogP) is 1.17. The van der Waals surface area contributed by atoms with Gasteiger partial charge in [-0.1, -0.05) is 39.5 Å². The number of nitrogens with zero attached hydrogens (tertiary/aromatic N) is 2. The van der Waals surface area contributed by atoms with Crippen LogP contribution in [-0.2, 0) is 19.1 Å². The molecule has 1 aliphatic heterocycles. The maximum absolute atomic E-state index is 12.3. The van der Waals surface area contributed by atoms with E-state index in [9.17, 15) is 29.7 Å². The fourth-order valence-electron chi connectivity index (χ4n) is 3.35. The smallest absolute Gasteiger partial charge is 0.305 e. The maximum atomic E-state index is 12.3. The number of hydrogen-bond acceptors (Lipinski definition) is 9. The van der Waals surface area contributed by atoms with Crippen LogP contribution in [0.25, 0.3) is 0 Å². The number of ether oxygens (including phenoxy) is 2. The number of carbonyl (C=O) groups excluding carboxylic acids is 3. The number of nitrogens with one attached hydrogen (secondary N) is 1. The van der Waals surface area contributed by atoms with Gasteiger partial charge < -0.3 is 24.8 Å². The van der Waals surface area contributed by atoms with Crippen LogP contribution in [0.15, 0.2) is 6.33 Å². The number of aliphatic hydroxyl groups excluding tert-OH is 2. The molecule has 180 valence electrons. The first-order valence-electron chi connectivity index (χ1n) is 11.1. The molecule has 1 fully saturated rings. The minimum atomic E-state index is -1.47. The Morgan fingerprint density at radius 2 is 1.75 bits per heavy atom. The summed E-state index contributed by atoms with van der Waals surface area (Å²) < 4.78 is 11.6. The van der Waals surface area contributed by atoms with Crippen LogP contribution in [0.4, 0.5) is 0 Å². The Bertz CT molecular complexity index is 781. The van der Waals surface area contributed by atoms with E-state index < -0.39 is 53.9 Å². The zero-order valence-electron chi connectivity index (χ0n) is 18.5. The standard InChI is InChI=1S/C21H33N3O8/c1-3-5-7-9-14(25)23-19(29)16-20(30)24(12-22-16)21-18(28)17(27)13(32-21)11-31-15(26)10-8-6-4-2/h12-13,17-18,21,27-28,30H,3-11H2,1-2H3,(H,23,25,29)/t13-,17-,18-,21-/m1/s1. The molecule has 0 spiro atoms. The molecule has 0 saturated carbocycles. The number of imidazole rings is 1. The van der Waals surface area contributed by atoms with Crippen LogP contribution in [-0.4, -0.2) is 67.6 Å². The van der Waals surface area contributed by atoms with E-state index >= 15 is 0 Å². The summed E-state index contributed by atoms with van der Waals surface area (Å²) in [6, 6.07) is 0. The van der Waals surface area contributed by atoms with Crippen molar-refractivity contribution in [2.45, 2.75) is 89.8 Å². The van der Waals surface area contributed by atoms with Crippen molar-refractivity contribution in [3.05, 3.63) is 12.0 Å².